The van der Waals surface area contributed by atoms with Gasteiger partial charge in [-0.3, -0.25) is 4.90 Å². The van der Waals surface area contributed by atoms with Crippen molar-refractivity contribution in [1.82, 2.24) is 4.90 Å². The van der Waals surface area contributed by atoms with Crippen LogP contribution in [0.1, 0.15) is 33.1 Å². The highest BCUT2D eigenvalue weighted by atomic mass is 15.3. The average molecular weight is 164 g/mol. The second-order valence-corrected chi connectivity index (χ2v) is 4.33. The molecule has 2 aliphatic heterocycles. The third-order valence-electron chi connectivity index (χ3n) is 3.59. The van der Waals surface area contributed by atoms with Crippen molar-refractivity contribution in [2.24, 2.45) is 5.92 Å². The zero-order valence-electron chi connectivity index (χ0n) is 7.88. The Morgan fingerprint density at radius 2 is 2.33 bits per heavy atom. The second-order valence-electron chi connectivity index (χ2n) is 4.33. The van der Waals surface area contributed by atoms with E-state index in [0.717, 1.165) is 25.2 Å². The Kier molecular flexibility index (Phi) is 1.66. The first-order chi connectivity index (χ1) is 5.72. The van der Waals surface area contributed by atoms with E-state index >= 15 is 0 Å². The predicted octanol–water partition coefficient (Wildman–Crippen LogP) is 1.77. The van der Waals surface area contributed by atoms with Crippen LogP contribution >= 0.6 is 0 Å². The van der Waals surface area contributed by atoms with E-state index in [4.69, 9.17) is 5.26 Å². The molecule has 2 bridgehead atoms. The van der Waals surface area contributed by atoms with Gasteiger partial charge in [-0.05, 0) is 32.1 Å². The van der Waals surface area contributed by atoms with E-state index < -0.39 is 0 Å². The summed E-state index contributed by atoms with van der Waals surface area (Å²) in [6.45, 7) is 5.60. The molecule has 0 aromatic carbocycles. The van der Waals surface area contributed by atoms with Crippen LogP contribution in [0.2, 0.25) is 0 Å². The Labute approximate surface area is 74.2 Å². The lowest BCUT2D eigenvalue weighted by atomic mass is 9.74. The molecule has 1 unspecified atom stereocenters. The largest absolute Gasteiger partial charge is 0.283 e. The molecule has 3 aliphatic rings. The SMILES string of the molecule is CCC(C)N1CC2CC1(C#N)C2. The maximum absolute atomic E-state index is 9.09. The minimum atomic E-state index is -0.0416. The van der Waals surface area contributed by atoms with Crippen LogP contribution in [0.15, 0.2) is 0 Å². The van der Waals surface area contributed by atoms with Gasteiger partial charge >= 0.3 is 0 Å². The van der Waals surface area contributed by atoms with Crippen LogP contribution in [-0.4, -0.2) is 23.0 Å². The summed E-state index contributed by atoms with van der Waals surface area (Å²) in [7, 11) is 0. The summed E-state index contributed by atoms with van der Waals surface area (Å²) in [6, 6.07) is 3.09. The summed E-state index contributed by atoms with van der Waals surface area (Å²) < 4.78 is 0. The normalized spacial score (nSPS) is 41.9. The van der Waals surface area contributed by atoms with Gasteiger partial charge in [0.15, 0.2) is 0 Å². The molecule has 0 aromatic rings. The van der Waals surface area contributed by atoms with Crippen molar-refractivity contribution in [2.75, 3.05) is 6.54 Å². The van der Waals surface area contributed by atoms with Crippen LogP contribution in [0.25, 0.3) is 0 Å². The van der Waals surface area contributed by atoms with Gasteiger partial charge in [-0.25, -0.2) is 0 Å². The van der Waals surface area contributed by atoms with Crippen molar-refractivity contribution in [3.05, 3.63) is 0 Å². The van der Waals surface area contributed by atoms with Crippen LogP contribution in [0.5, 0.6) is 0 Å². The topological polar surface area (TPSA) is 27.0 Å². The number of nitrogens with zero attached hydrogens (tertiary/aromatic N) is 2. The highest BCUT2D eigenvalue weighted by Gasteiger charge is 2.57. The lowest BCUT2D eigenvalue weighted by Gasteiger charge is -2.38. The molecular formula is C10H16N2. The van der Waals surface area contributed by atoms with Crippen molar-refractivity contribution in [3.8, 4) is 6.07 Å². The van der Waals surface area contributed by atoms with Gasteiger partial charge in [0.2, 0.25) is 0 Å². The monoisotopic (exact) mass is 164 g/mol. The average Bonchev–Trinajstić information content (AvgIpc) is 2.55. The number of fused-ring (bicyclic) bond motifs is 1. The van der Waals surface area contributed by atoms with Crippen LogP contribution in [0.4, 0.5) is 0 Å². The van der Waals surface area contributed by atoms with Gasteiger partial charge in [0, 0.05) is 12.6 Å². The van der Waals surface area contributed by atoms with E-state index in [1.165, 1.54) is 6.54 Å². The molecule has 1 aliphatic carbocycles. The molecule has 0 spiro atoms. The highest BCUT2D eigenvalue weighted by molar-refractivity contribution is 5.22. The lowest BCUT2D eigenvalue weighted by molar-refractivity contribution is 0.128. The molecule has 66 valence electrons. The molecular weight excluding hydrogens is 148 g/mol. The fourth-order valence-electron chi connectivity index (χ4n) is 2.69. The zero-order chi connectivity index (χ0) is 8.77. The van der Waals surface area contributed by atoms with E-state index in [2.05, 4.69) is 24.8 Å². The standard InChI is InChI=1S/C10H16N2/c1-3-8(2)12-6-9-4-10(12,5-9)7-11/h8-9H,3-6H2,1-2H3. The molecule has 2 saturated heterocycles. The molecule has 12 heavy (non-hydrogen) atoms. The number of nitriles is 1. The summed E-state index contributed by atoms with van der Waals surface area (Å²) in [5.41, 5.74) is -0.0416. The summed E-state index contributed by atoms with van der Waals surface area (Å²) in [6.07, 6.45) is 3.43. The molecule has 2 heteroatoms. The molecule has 3 rings (SSSR count). The van der Waals surface area contributed by atoms with E-state index in [9.17, 15) is 0 Å². The quantitative estimate of drug-likeness (QED) is 0.622. The molecule has 0 N–H and O–H groups in total. The van der Waals surface area contributed by atoms with E-state index in [0.29, 0.717) is 6.04 Å². The zero-order valence-corrected chi connectivity index (χ0v) is 7.88. The van der Waals surface area contributed by atoms with Crippen molar-refractivity contribution >= 4 is 0 Å². The molecule has 0 aromatic heterocycles. The smallest absolute Gasteiger partial charge is 0.110 e. The fraction of sp³-hybridized carbons (Fsp3) is 0.900. The molecule has 2 heterocycles. The van der Waals surface area contributed by atoms with Crippen LogP contribution in [-0.2, 0) is 0 Å². The summed E-state index contributed by atoms with van der Waals surface area (Å²) in [5.74, 6) is 0.832. The van der Waals surface area contributed by atoms with Gasteiger partial charge in [0.05, 0.1) is 6.07 Å². The summed E-state index contributed by atoms with van der Waals surface area (Å²) in [4.78, 5) is 2.41. The number of rotatable bonds is 2. The van der Waals surface area contributed by atoms with Crippen LogP contribution < -0.4 is 0 Å². The van der Waals surface area contributed by atoms with Crippen molar-refractivity contribution in [3.63, 3.8) is 0 Å². The minimum absolute atomic E-state index is 0.0416. The van der Waals surface area contributed by atoms with E-state index in [1.807, 2.05) is 0 Å². The van der Waals surface area contributed by atoms with E-state index in [-0.39, 0.29) is 5.54 Å². The van der Waals surface area contributed by atoms with Crippen molar-refractivity contribution in [1.29, 1.82) is 5.26 Å². The maximum atomic E-state index is 9.09. The maximum Gasteiger partial charge on any atom is 0.110 e. The van der Waals surface area contributed by atoms with Gasteiger partial charge in [-0.15, -0.1) is 0 Å². The van der Waals surface area contributed by atoms with E-state index in [1.54, 1.807) is 0 Å². The first-order valence-corrected chi connectivity index (χ1v) is 4.90. The predicted molar refractivity (Wildman–Crippen MR) is 47.5 cm³/mol. The Morgan fingerprint density at radius 3 is 2.83 bits per heavy atom. The Hall–Kier alpha value is -0.550. The molecule has 1 saturated carbocycles. The van der Waals surface area contributed by atoms with Crippen molar-refractivity contribution in [2.45, 2.75) is 44.7 Å². The van der Waals surface area contributed by atoms with Gasteiger partial charge in [-0.2, -0.15) is 5.26 Å². The fourth-order valence-corrected chi connectivity index (χ4v) is 2.69. The third-order valence-corrected chi connectivity index (χ3v) is 3.59. The lowest BCUT2D eigenvalue weighted by Crippen LogP contribution is -2.47. The number of hydrogen-bond donors (Lipinski definition) is 0. The Bertz CT molecular complexity index is 222. The summed E-state index contributed by atoms with van der Waals surface area (Å²) in [5, 5.41) is 9.09. The Balaban J connectivity index is 2.13. The number of hydrogen-bond acceptors (Lipinski definition) is 2. The van der Waals surface area contributed by atoms with Gasteiger partial charge in [0.1, 0.15) is 5.54 Å². The highest BCUT2D eigenvalue weighted by Crippen LogP contribution is 2.51. The van der Waals surface area contributed by atoms with Crippen LogP contribution in [0.3, 0.4) is 0 Å². The summed E-state index contributed by atoms with van der Waals surface area (Å²) >= 11 is 0. The van der Waals surface area contributed by atoms with Gasteiger partial charge in [-0.1, -0.05) is 6.92 Å². The van der Waals surface area contributed by atoms with Gasteiger partial charge in [0.25, 0.3) is 0 Å². The first-order valence-electron chi connectivity index (χ1n) is 4.90. The van der Waals surface area contributed by atoms with Crippen molar-refractivity contribution < 1.29 is 0 Å². The third kappa shape index (κ3) is 0.834. The van der Waals surface area contributed by atoms with Gasteiger partial charge < -0.3 is 0 Å². The first kappa shape index (κ1) is 8.07. The van der Waals surface area contributed by atoms with Crippen LogP contribution in [0, 0.1) is 17.2 Å². The Morgan fingerprint density at radius 1 is 1.67 bits per heavy atom. The molecule has 1 atom stereocenters. The molecule has 0 amide bonds. The molecule has 3 fully saturated rings. The molecule has 2 nitrogen and oxygen atoms in total. The minimum Gasteiger partial charge on any atom is -0.283 e. The second kappa shape index (κ2) is 2.47. The molecule has 0 radical (unpaired) electrons.